The molecule has 2 rings (SSSR count). The van der Waals surface area contributed by atoms with Gasteiger partial charge in [-0.05, 0) is 11.1 Å². The van der Waals surface area contributed by atoms with E-state index in [4.69, 9.17) is 9.47 Å². The van der Waals surface area contributed by atoms with Crippen molar-refractivity contribution in [1.82, 2.24) is 0 Å². The monoisotopic (exact) mass is 431 g/mol. The fraction of sp³-hybridized carbons (Fsp3) is 0.222. The number of aliphatic carboxylic acids is 2. The smallest absolute Gasteiger partial charge is 0.548 e. The van der Waals surface area contributed by atoms with E-state index >= 15 is 0 Å². The van der Waals surface area contributed by atoms with Crippen LogP contribution in [0, 0.1) is 0 Å². The second-order valence-corrected chi connectivity index (χ2v) is 4.70. The van der Waals surface area contributed by atoms with Crippen molar-refractivity contribution in [3.63, 3.8) is 0 Å². The van der Waals surface area contributed by atoms with Crippen LogP contribution in [0.5, 0.6) is 0 Å². The Morgan fingerprint density at radius 1 is 0.667 bits per heavy atom. The maximum Gasteiger partial charge on any atom is 2.00 e. The van der Waals surface area contributed by atoms with E-state index in [-0.39, 0.29) is 41.2 Å². The number of hydrogen-bond donors (Lipinski definition) is 0. The molecule has 0 amide bonds. The van der Waals surface area contributed by atoms with Gasteiger partial charge in [0.15, 0.2) is 0 Å². The molecular weight excluding hydrogens is 408 g/mol. The first-order chi connectivity index (χ1) is 11.6. The summed E-state index contributed by atoms with van der Waals surface area (Å²) in [5, 5.41) is 19.9. The topological polar surface area (TPSA) is 165 Å². The van der Waals surface area contributed by atoms with Gasteiger partial charge in [0, 0.05) is 0 Å². The molecule has 0 spiro atoms. The summed E-state index contributed by atoms with van der Waals surface area (Å²) in [4.78, 5) is 19.9. The molecule has 0 aliphatic rings. The van der Waals surface area contributed by atoms with Crippen molar-refractivity contribution < 1.29 is 57.3 Å². The Bertz CT molecular complexity index is 552. The van der Waals surface area contributed by atoms with Gasteiger partial charge in [-0.25, -0.2) is 0 Å². The normalized spacial score (nSPS) is 8.59. The Morgan fingerprint density at radius 2 is 0.963 bits per heavy atom. The summed E-state index contributed by atoms with van der Waals surface area (Å²) in [7, 11) is 0. The second-order valence-electron chi connectivity index (χ2n) is 4.70. The molecule has 1 radical (unpaired) electrons. The SMILES string of the molecule is O=C([O-])COCc1ccccc1.O=C([O-])COCc1ccccc1.[Cu+2].[OH3+].[OH3+]. The van der Waals surface area contributed by atoms with Crippen molar-refractivity contribution >= 4 is 11.9 Å². The van der Waals surface area contributed by atoms with Crippen LogP contribution in [0.2, 0.25) is 0 Å². The molecular formula is C18H24CuO8+2. The summed E-state index contributed by atoms with van der Waals surface area (Å²) in [6.45, 7) is -0.0760. The van der Waals surface area contributed by atoms with Gasteiger partial charge in [0.05, 0.1) is 38.4 Å². The average Bonchev–Trinajstić information content (AvgIpc) is 2.57. The molecule has 153 valence electrons. The number of carboxylic acid groups (broad SMARTS) is 2. The summed E-state index contributed by atoms with van der Waals surface area (Å²) in [5.41, 5.74) is 1.91. The molecule has 0 unspecified atom stereocenters. The Hall–Kier alpha value is -2.26. The fourth-order valence-corrected chi connectivity index (χ4v) is 1.65. The third-order valence-corrected chi connectivity index (χ3v) is 2.66. The molecule has 2 aromatic rings. The van der Waals surface area contributed by atoms with Crippen molar-refractivity contribution in [3.05, 3.63) is 71.8 Å². The molecule has 0 saturated heterocycles. The zero-order valence-electron chi connectivity index (χ0n) is 14.5. The predicted molar refractivity (Wildman–Crippen MR) is 92.0 cm³/mol. The van der Waals surface area contributed by atoms with Gasteiger partial charge in [0.2, 0.25) is 0 Å². The Balaban J connectivity index is -0.000000384. The Kier molecular flexibility index (Phi) is 20.2. The van der Waals surface area contributed by atoms with E-state index in [9.17, 15) is 19.8 Å². The summed E-state index contributed by atoms with van der Waals surface area (Å²) >= 11 is 0. The summed E-state index contributed by atoms with van der Waals surface area (Å²) < 4.78 is 9.64. The van der Waals surface area contributed by atoms with Crippen LogP contribution in [0.3, 0.4) is 0 Å². The molecule has 2 aromatic carbocycles. The molecule has 0 aliphatic carbocycles. The maximum atomic E-state index is 9.95. The van der Waals surface area contributed by atoms with E-state index in [1.54, 1.807) is 0 Å². The van der Waals surface area contributed by atoms with Gasteiger partial charge in [-0.15, -0.1) is 0 Å². The molecule has 0 fully saturated rings. The van der Waals surface area contributed by atoms with Gasteiger partial charge >= 0.3 is 17.1 Å². The van der Waals surface area contributed by atoms with E-state index < -0.39 is 11.9 Å². The fourth-order valence-electron chi connectivity index (χ4n) is 1.65. The minimum absolute atomic E-state index is 0. The van der Waals surface area contributed by atoms with Crippen LogP contribution in [-0.4, -0.2) is 25.2 Å². The number of carbonyl (C=O) groups excluding carboxylic acids is 2. The molecule has 0 aromatic heterocycles. The van der Waals surface area contributed by atoms with Crippen molar-refractivity contribution in [3.8, 4) is 0 Å². The third kappa shape index (κ3) is 16.9. The molecule has 6 N–H and O–H groups in total. The predicted octanol–water partition coefficient (Wildman–Crippen LogP) is -1.94. The molecule has 0 bridgehead atoms. The maximum absolute atomic E-state index is 9.95. The minimum Gasteiger partial charge on any atom is -0.548 e. The van der Waals surface area contributed by atoms with Crippen molar-refractivity contribution in [2.24, 2.45) is 0 Å². The van der Waals surface area contributed by atoms with E-state index in [0.29, 0.717) is 13.2 Å². The number of benzene rings is 2. The van der Waals surface area contributed by atoms with Crippen LogP contribution in [0.4, 0.5) is 0 Å². The zero-order chi connectivity index (χ0) is 17.6. The average molecular weight is 432 g/mol. The number of rotatable bonds is 8. The van der Waals surface area contributed by atoms with Gasteiger partial charge in [-0.2, -0.15) is 0 Å². The van der Waals surface area contributed by atoms with Crippen LogP contribution in [0.25, 0.3) is 0 Å². The van der Waals surface area contributed by atoms with Crippen LogP contribution >= 0.6 is 0 Å². The van der Waals surface area contributed by atoms with Crippen molar-refractivity contribution in [2.75, 3.05) is 13.2 Å². The number of ether oxygens (including phenoxy) is 2. The molecule has 0 saturated carbocycles. The number of hydrogen-bond acceptors (Lipinski definition) is 6. The summed E-state index contributed by atoms with van der Waals surface area (Å²) in [6, 6.07) is 18.8. The van der Waals surface area contributed by atoms with E-state index in [1.807, 2.05) is 60.7 Å². The number of carbonyl (C=O) groups is 2. The molecule has 27 heavy (non-hydrogen) atoms. The van der Waals surface area contributed by atoms with Gasteiger partial charge in [0.25, 0.3) is 0 Å². The Morgan fingerprint density at radius 3 is 1.22 bits per heavy atom. The summed E-state index contributed by atoms with van der Waals surface area (Å²) in [6.07, 6.45) is 0. The van der Waals surface area contributed by atoms with Crippen LogP contribution in [-0.2, 0) is 60.3 Å². The van der Waals surface area contributed by atoms with E-state index in [0.717, 1.165) is 11.1 Å². The molecule has 9 heteroatoms. The van der Waals surface area contributed by atoms with Crippen molar-refractivity contribution in [1.29, 1.82) is 0 Å². The molecule has 0 atom stereocenters. The summed E-state index contributed by atoms with van der Waals surface area (Å²) in [5.74, 6) is -2.38. The minimum atomic E-state index is -1.19. The standard InChI is InChI=1S/2C9H10O3.Cu.2H2O/c2*10-9(11)7-12-6-8-4-2-1-3-5-8;;;/h2*1-5H,6-7H2,(H,10,11);;2*1H2/q;;+2;;. The van der Waals surface area contributed by atoms with Crippen LogP contribution < -0.4 is 10.2 Å². The van der Waals surface area contributed by atoms with Gasteiger partial charge in [0.1, 0.15) is 0 Å². The quantitative estimate of drug-likeness (QED) is 0.348. The zero-order valence-corrected chi connectivity index (χ0v) is 15.4. The second kappa shape index (κ2) is 18.5. The van der Waals surface area contributed by atoms with Crippen molar-refractivity contribution in [2.45, 2.75) is 13.2 Å². The third-order valence-electron chi connectivity index (χ3n) is 2.66. The van der Waals surface area contributed by atoms with Gasteiger partial charge < -0.3 is 40.2 Å². The van der Waals surface area contributed by atoms with E-state index in [1.165, 1.54) is 0 Å². The molecule has 0 aliphatic heterocycles. The van der Waals surface area contributed by atoms with Gasteiger partial charge in [-0.3, -0.25) is 0 Å². The van der Waals surface area contributed by atoms with Crippen LogP contribution in [0.15, 0.2) is 60.7 Å². The first-order valence-electron chi connectivity index (χ1n) is 7.21. The van der Waals surface area contributed by atoms with Crippen LogP contribution in [0.1, 0.15) is 11.1 Å². The molecule has 8 nitrogen and oxygen atoms in total. The first kappa shape index (κ1) is 29.5. The number of carboxylic acids is 2. The molecule has 0 heterocycles. The largest absolute Gasteiger partial charge is 2.00 e. The van der Waals surface area contributed by atoms with Gasteiger partial charge in [-0.1, -0.05) is 60.7 Å². The first-order valence-corrected chi connectivity index (χ1v) is 7.21. The van der Waals surface area contributed by atoms with E-state index in [2.05, 4.69) is 0 Å². The Labute approximate surface area is 167 Å².